The van der Waals surface area contributed by atoms with Crippen molar-refractivity contribution in [2.75, 3.05) is 40.9 Å². The van der Waals surface area contributed by atoms with Gasteiger partial charge in [-0.2, -0.15) is 0 Å². The minimum atomic E-state index is -4.62. The van der Waals surface area contributed by atoms with Gasteiger partial charge in [0.1, 0.15) is 13.2 Å². The van der Waals surface area contributed by atoms with Crippen LogP contribution in [0.2, 0.25) is 0 Å². The third-order valence-corrected chi connectivity index (χ3v) is 13.6. The zero-order chi connectivity index (χ0) is 54.2. The summed E-state index contributed by atoms with van der Waals surface area (Å²) in [6.07, 6.45) is 81.4. The van der Waals surface area contributed by atoms with Crippen molar-refractivity contribution >= 4 is 13.7 Å². The first-order chi connectivity index (χ1) is 36.0. The van der Waals surface area contributed by atoms with E-state index in [1.165, 1.54) is 122 Å². The molecule has 0 aromatic rings. The van der Waals surface area contributed by atoms with Crippen LogP contribution in [-0.4, -0.2) is 68.5 Å². The number of nitrogens with one attached hydrogen (secondary N) is 1. The Morgan fingerprint density at radius 2 is 0.838 bits per heavy atom. The molecule has 0 aliphatic rings. The summed E-state index contributed by atoms with van der Waals surface area (Å²) in [4.78, 5) is 25.5. The third-order valence-electron chi connectivity index (χ3n) is 12.6. The second-order valence-corrected chi connectivity index (χ2v) is 22.4. The highest BCUT2D eigenvalue weighted by molar-refractivity contribution is 7.45. The number of unbranched alkanes of at least 4 members (excludes halogenated alkanes) is 22. The lowest BCUT2D eigenvalue weighted by molar-refractivity contribution is -0.870. The molecule has 0 radical (unpaired) electrons. The molecule has 0 rings (SSSR count). The summed E-state index contributed by atoms with van der Waals surface area (Å²) in [5, 5.41) is 13.8. The number of hydrogen-bond donors (Lipinski definition) is 2. The molecular formula is C65H113N2O6P. The molecule has 8 nitrogen and oxygen atoms in total. The molecule has 3 atom stereocenters. The van der Waals surface area contributed by atoms with E-state index in [0.29, 0.717) is 17.4 Å². The van der Waals surface area contributed by atoms with Gasteiger partial charge in [0.05, 0.1) is 39.9 Å². The Balaban J connectivity index is 4.17. The van der Waals surface area contributed by atoms with Crippen molar-refractivity contribution in [3.63, 3.8) is 0 Å². The number of phosphoric ester groups is 1. The number of rotatable bonds is 53. The maximum absolute atomic E-state index is 13.0. The van der Waals surface area contributed by atoms with Gasteiger partial charge in [-0.05, 0) is 103 Å². The van der Waals surface area contributed by atoms with Crippen molar-refractivity contribution in [2.24, 2.45) is 0 Å². The largest absolute Gasteiger partial charge is 0.756 e. The lowest BCUT2D eigenvalue weighted by atomic mass is 10.0. The number of nitrogens with zero attached hydrogens (tertiary/aromatic N) is 1. The molecule has 424 valence electrons. The Morgan fingerprint density at radius 1 is 0.486 bits per heavy atom. The molecule has 2 N–H and O–H groups in total. The van der Waals surface area contributed by atoms with E-state index in [1.807, 2.05) is 27.2 Å². The highest BCUT2D eigenvalue weighted by Crippen LogP contribution is 2.38. The number of aliphatic hydroxyl groups is 1. The molecule has 9 heteroatoms. The predicted octanol–water partition coefficient (Wildman–Crippen LogP) is 17.9. The number of allylic oxidation sites excluding steroid dienone is 19. The van der Waals surface area contributed by atoms with E-state index in [1.54, 1.807) is 6.08 Å². The number of aliphatic hydroxyl groups excluding tert-OH is 1. The SMILES string of the molecule is CC/C=C\C/C=C\C/C=C\C/C=C\C/C=C\C/C=C\C/C=C\CCCCCCCCCCCCCCCC(=O)NC(COP(=O)([O-])OCC[N+](C)(C)C)C(O)/C=C/CC/C=C/CC/C=C/CCCCCCCCC. The van der Waals surface area contributed by atoms with E-state index in [0.717, 1.165) is 89.9 Å². The monoisotopic (exact) mass is 1050 g/mol. The first kappa shape index (κ1) is 70.9. The fraction of sp³-hybridized carbons (Fsp3) is 0.677. The molecule has 0 saturated heterocycles. The number of phosphoric acid groups is 1. The zero-order valence-electron chi connectivity index (χ0n) is 48.2. The van der Waals surface area contributed by atoms with Crippen molar-refractivity contribution in [1.82, 2.24) is 5.32 Å². The molecule has 0 spiro atoms. The van der Waals surface area contributed by atoms with Crippen LogP contribution in [0.1, 0.15) is 232 Å². The molecule has 0 aliphatic carbocycles. The molecule has 0 aliphatic heterocycles. The molecule has 3 unspecified atom stereocenters. The minimum Gasteiger partial charge on any atom is -0.756 e. The first-order valence-electron chi connectivity index (χ1n) is 29.9. The lowest BCUT2D eigenvalue weighted by Crippen LogP contribution is -2.45. The van der Waals surface area contributed by atoms with Gasteiger partial charge in [-0.25, -0.2) is 0 Å². The standard InChI is InChI=1S/C65H113N2O6P/c1-6-8-10-12-14-16-18-20-22-24-25-26-27-28-29-30-31-32-33-34-35-36-37-38-39-40-41-43-45-47-49-51-53-55-57-59-65(69)66-63(62-73-74(70,71)72-61-60-67(3,4)5)64(68)58-56-54-52-50-48-46-44-42-23-21-19-17-15-13-11-9-7-2/h8,10,14,16,20,22-23,25-26,28-29,31-32,34-35,42,48,50,56,58,63-64,68H,6-7,9,11-13,15,17-19,21,24,27,30,33,36-41,43-47,49,51-55,57,59-62H2,1-5H3,(H-,66,69,70,71)/b10-8-,16-14-,22-20-,26-25-,29-28-,32-31-,35-34-,42-23+,50-48+,58-56+. The zero-order valence-corrected chi connectivity index (χ0v) is 49.1. The van der Waals surface area contributed by atoms with Crippen LogP contribution in [0, 0.1) is 0 Å². The quantitative estimate of drug-likeness (QED) is 0.0272. The summed E-state index contributed by atoms with van der Waals surface area (Å²) < 4.78 is 23.3. The number of amides is 1. The van der Waals surface area contributed by atoms with Crippen molar-refractivity contribution in [3.8, 4) is 0 Å². The van der Waals surface area contributed by atoms with Crippen molar-refractivity contribution in [3.05, 3.63) is 122 Å². The normalized spacial score (nSPS) is 14.7. The van der Waals surface area contributed by atoms with Gasteiger partial charge in [-0.3, -0.25) is 9.36 Å². The van der Waals surface area contributed by atoms with Gasteiger partial charge < -0.3 is 28.8 Å². The van der Waals surface area contributed by atoms with E-state index in [9.17, 15) is 19.4 Å². The highest BCUT2D eigenvalue weighted by atomic mass is 31.2. The van der Waals surface area contributed by atoms with E-state index in [-0.39, 0.29) is 12.5 Å². The van der Waals surface area contributed by atoms with Gasteiger partial charge in [-0.15, -0.1) is 0 Å². The van der Waals surface area contributed by atoms with Crippen molar-refractivity contribution < 1.29 is 32.9 Å². The topological polar surface area (TPSA) is 108 Å². The number of carbonyl (C=O) groups excluding carboxylic acids is 1. The Labute approximate surface area is 456 Å². The molecule has 1 amide bonds. The van der Waals surface area contributed by atoms with Crippen LogP contribution in [0.3, 0.4) is 0 Å². The van der Waals surface area contributed by atoms with Crippen LogP contribution in [0.25, 0.3) is 0 Å². The second kappa shape index (κ2) is 54.7. The van der Waals surface area contributed by atoms with E-state index in [4.69, 9.17) is 9.05 Å². The lowest BCUT2D eigenvalue weighted by Gasteiger charge is -2.29. The molecule has 0 aromatic carbocycles. The van der Waals surface area contributed by atoms with Crippen LogP contribution in [0.15, 0.2) is 122 Å². The molecule has 0 aromatic heterocycles. The van der Waals surface area contributed by atoms with Gasteiger partial charge >= 0.3 is 0 Å². The van der Waals surface area contributed by atoms with E-state index < -0.39 is 26.6 Å². The average Bonchev–Trinajstić information content (AvgIpc) is 3.36. The maximum atomic E-state index is 13.0. The molecule has 0 bridgehead atoms. The molecule has 0 heterocycles. The smallest absolute Gasteiger partial charge is 0.268 e. The van der Waals surface area contributed by atoms with Crippen LogP contribution < -0.4 is 10.2 Å². The first-order valence-corrected chi connectivity index (χ1v) is 31.4. The fourth-order valence-electron chi connectivity index (χ4n) is 7.99. The molecule has 74 heavy (non-hydrogen) atoms. The van der Waals surface area contributed by atoms with Crippen LogP contribution in [0.4, 0.5) is 0 Å². The molecule has 0 fully saturated rings. The Kier molecular flexibility index (Phi) is 52.4. The third kappa shape index (κ3) is 56.6. The summed E-state index contributed by atoms with van der Waals surface area (Å²) in [6.45, 7) is 4.49. The van der Waals surface area contributed by atoms with Gasteiger partial charge in [0.2, 0.25) is 5.91 Å². The fourth-order valence-corrected chi connectivity index (χ4v) is 8.71. The van der Waals surface area contributed by atoms with Gasteiger partial charge in [0.25, 0.3) is 7.82 Å². The van der Waals surface area contributed by atoms with E-state index >= 15 is 0 Å². The number of likely N-dealkylation sites (N-methyl/N-ethyl adjacent to an activating group) is 1. The van der Waals surface area contributed by atoms with Crippen LogP contribution >= 0.6 is 7.82 Å². The number of quaternary nitrogens is 1. The van der Waals surface area contributed by atoms with E-state index in [2.05, 4.69) is 129 Å². The Morgan fingerprint density at radius 3 is 1.26 bits per heavy atom. The summed E-state index contributed by atoms with van der Waals surface area (Å²) in [5.74, 6) is -0.217. The maximum Gasteiger partial charge on any atom is 0.268 e. The van der Waals surface area contributed by atoms with Crippen molar-refractivity contribution in [1.29, 1.82) is 0 Å². The summed E-state index contributed by atoms with van der Waals surface area (Å²) >= 11 is 0. The molecule has 0 saturated carbocycles. The average molecular weight is 1050 g/mol. The number of carbonyl (C=O) groups is 1. The molecular weight excluding hydrogens is 936 g/mol. The highest BCUT2D eigenvalue weighted by Gasteiger charge is 2.23. The Bertz CT molecular complexity index is 1620. The summed E-state index contributed by atoms with van der Waals surface area (Å²) in [6, 6.07) is -0.918. The van der Waals surface area contributed by atoms with Gasteiger partial charge in [0.15, 0.2) is 0 Å². The summed E-state index contributed by atoms with van der Waals surface area (Å²) in [5.41, 5.74) is 0. The minimum absolute atomic E-state index is 0.0143. The van der Waals surface area contributed by atoms with Crippen molar-refractivity contribution in [2.45, 2.75) is 244 Å². The number of hydrogen-bond acceptors (Lipinski definition) is 6. The Hall–Kier alpha value is -3.10. The summed E-state index contributed by atoms with van der Waals surface area (Å²) in [7, 11) is 1.22. The van der Waals surface area contributed by atoms with Crippen LogP contribution in [-0.2, 0) is 18.4 Å². The van der Waals surface area contributed by atoms with Crippen LogP contribution in [0.5, 0.6) is 0 Å². The van der Waals surface area contributed by atoms with Gasteiger partial charge in [0, 0.05) is 6.42 Å². The van der Waals surface area contributed by atoms with Gasteiger partial charge in [-0.1, -0.05) is 245 Å². The second-order valence-electron chi connectivity index (χ2n) is 20.9. The predicted molar refractivity (Wildman–Crippen MR) is 320 cm³/mol.